The van der Waals surface area contributed by atoms with Crippen molar-refractivity contribution < 1.29 is 4.79 Å². The van der Waals surface area contributed by atoms with Gasteiger partial charge in [-0.2, -0.15) is 0 Å². The Morgan fingerprint density at radius 2 is 2.38 bits per heavy atom. The van der Waals surface area contributed by atoms with Crippen molar-refractivity contribution in [2.75, 3.05) is 6.54 Å². The number of carbonyl (C=O) groups excluding carboxylic acids is 1. The van der Waals surface area contributed by atoms with Gasteiger partial charge in [0.05, 0.1) is 12.0 Å². The summed E-state index contributed by atoms with van der Waals surface area (Å²) in [6, 6.07) is 0. The number of rotatable bonds is 5. The molecule has 0 saturated carbocycles. The Hall–Kier alpha value is -1.14. The van der Waals surface area contributed by atoms with Gasteiger partial charge in [0.1, 0.15) is 0 Å². The van der Waals surface area contributed by atoms with Crippen molar-refractivity contribution in [2.45, 2.75) is 26.8 Å². The Kier molecular flexibility index (Phi) is 4.26. The van der Waals surface area contributed by atoms with E-state index in [4.69, 9.17) is 5.73 Å². The normalized spacial score (nSPS) is 14.4. The van der Waals surface area contributed by atoms with E-state index in [2.05, 4.69) is 10.3 Å². The SMILES string of the molecule is CCC(C)(CN)C(=O)NCc1csc(=O)[nH]1. The van der Waals surface area contributed by atoms with Crippen LogP contribution >= 0.6 is 11.3 Å². The molecule has 1 heterocycles. The molecule has 0 bridgehead atoms. The molecule has 1 atom stereocenters. The molecule has 1 amide bonds. The van der Waals surface area contributed by atoms with E-state index in [1.54, 1.807) is 5.38 Å². The zero-order chi connectivity index (χ0) is 12.2. The molecule has 1 aromatic heterocycles. The minimum absolute atomic E-state index is 0.0791. The van der Waals surface area contributed by atoms with Crippen LogP contribution < -0.4 is 15.9 Å². The Morgan fingerprint density at radius 3 is 2.81 bits per heavy atom. The highest BCUT2D eigenvalue weighted by Gasteiger charge is 2.29. The Labute approximate surface area is 98.1 Å². The predicted molar refractivity (Wildman–Crippen MR) is 64.2 cm³/mol. The van der Waals surface area contributed by atoms with Gasteiger partial charge in [0.25, 0.3) is 0 Å². The van der Waals surface area contributed by atoms with Gasteiger partial charge >= 0.3 is 4.87 Å². The molecule has 90 valence electrons. The fourth-order valence-corrected chi connectivity index (χ4v) is 1.77. The van der Waals surface area contributed by atoms with Gasteiger partial charge in [-0.05, 0) is 13.3 Å². The average molecular weight is 243 g/mol. The molecule has 0 saturated heterocycles. The smallest absolute Gasteiger partial charge is 0.304 e. The topological polar surface area (TPSA) is 88.0 Å². The zero-order valence-corrected chi connectivity index (χ0v) is 10.3. The first-order valence-corrected chi connectivity index (χ1v) is 6.05. The standard InChI is InChI=1S/C10H17N3O2S/c1-3-10(2,6-11)8(14)12-4-7-5-16-9(15)13-7/h5H,3-4,6,11H2,1-2H3,(H,12,14)(H,13,15). The fraction of sp³-hybridized carbons (Fsp3) is 0.600. The van der Waals surface area contributed by atoms with Crippen LogP contribution in [0, 0.1) is 5.41 Å². The molecule has 6 heteroatoms. The van der Waals surface area contributed by atoms with E-state index in [0.29, 0.717) is 19.5 Å². The third-order valence-electron chi connectivity index (χ3n) is 2.79. The van der Waals surface area contributed by atoms with Crippen molar-refractivity contribution in [3.8, 4) is 0 Å². The van der Waals surface area contributed by atoms with E-state index in [1.807, 2.05) is 13.8 Å². The van der Waals surface area contributed by atoms with Crippen LogP contribution in [0.1, 0.15) is 26.0 Å². The maximum Gasteiger partial charge on any atom is 0.304 e. The summed E-state index contributed by atoms with van der Waals surface area (Å²) in [6.45, 7) is 4.42. The second-order valence-corrected chi connectivity index (χ2v) is 4.82. The van der Waals surface area contributed by atoms with Gasteiger partial charge in [0.2, 0.25) is 5.91 Å². The quantitative estimate of drug-likeness (QED) is 0.700. The number of aromatic nitrogens is 1. The van der Waals surface area contributed by atoms with Crippen LogP contribution in [0.3, 0.4) is 0 Å². The number of carbonyl (C=O) groups is 1. The van der Waals surface area contributed by atoms with Crippen molar-refractivity contribution in [1.82, 2.24) is 10.3 Å². The second-order valence-electron chi connectivity index (χ2n) is 3.97. The molecule has 0 spiro atoms. The van der Waals surface area contributed by atoms with Gasteiger partial charge in [-0.15, -0.1) is 0 Å². The molecule has 16 heavy (non-hydrogen) atoms. The van der Waals surface area contributed by atoms with E-state index in [1.165, 1.54) is 0 Å². The van der Waals surface area contributed by atoms with Crippen molar-refractivity contribution in [1.29, 1.82) is 0 Å². The summed E-state index contributed by atoms with van der Waals surface area (Å²) in [5.41, 5.74) is 5.76. The molecule has 1 aromatic rings. The first kappa shape index (κ1) is 12.9. The van der Waals surface area contributed by atoms with Crippen LogP contribution in [0.25, 0.3) is 0 Å². The molecule has 0 aliphatic rings. The molecule has 1 unspecified atom stereocenters. The summed E-state index contributed by atoms with van der Waals surface area (Å²) in [7, 11) is 0. The first-order chi connectivity index (χ1) is 7.51. The van der Waals surface area contributed by atoms with Gasteiger partial charge in [0.15, 0.2) is 0 Å². The number of H-pyrrole nitrogens is 1. The minimum atomic E-state index is -0.531. The minimum Gasteiger partial charge on any atom is -0.350 e. The highest BCUT2D eigenvalue weighted by atomic mass is 32.1. The molecule has 1 rings (SSSR count). The van der Waals surface area contributed by atoms with Crippen molar-refractivity contribution >= 4 is 17.2 Å². The van der Waals surface area contributed by atoms with Gasteiger partial charge in [-0.3, -0.25) is 9.59 Å². The molecular formula is C10H17N3O2S. The molecule has 0 radical (unpaired) electrons. The number of hydrogen-bond acceptors (Lipinski definition) is 4. The lowest BCUT2D eigenvalue weighted by atomic mass is 9.87. The third kappa shape index (κ3) is 2.93. The summed E-state index contributed by atoms with van der Waals surface area (Å²) >= 11 is 1.09. The lowest BCUT2D eigenvalue weighted by Crippen LogP contribution is -2.43. The van der Waals surface area contributed by atoms with Crippen LogP contribution in [-0.2, 0) is 11.3 Å². The Balaban J connectivity index is 2.55. The lowest BCUT2D eigenvalue weighted by molar-refractivity contribution is -0.130. The van der Waals surface area contributed by atoms with Gasteiger partial charge < -0.3 is 16.0 Å². The number of thiazole rings is 1. The summed E-state index contributed by atoms with van der Waals surface area (Å²) in [5.74, 6) is -0.0791. The van der Waals surface area contributed by atoms with E-state index in [-0.39, 0.29) is 10.8 Å². The van der Waals surface area contributed by atoms with Crippen LogP contribution in [0.4, 0.5) is 0 Å². The second kappa shape index (κ2) is 5.27. The largest absolute Gasteiger partial charge is 0.350 e. The summed E-state index contributed by atoms with van der Waals surface area (Å²) in [5, 5.41) is 4.48. The van der Waals surface area contributed by atoms with Crippen LogP contribution in [0.15, 0.2) is 10.2 Å². The van der Waals surface area contributed by atoms with E-state index in [0.717, 1.165) is 17.0 Å². The van der Waals surface area contributed by atoms with Crippen molar-refractivity contribution in [3.05, 3.63) is 20.7 Å². The monoisotopic (exact) mass is 243 g/mol. The number of aromatic amines is 1. The molecular weight excluding hydrogens is 226 g/mol. The Bertz CT molecular complexity index is 406. The van der Waals surface area contributed by atoms with Gasteiger partial charge in [-0.1, -0.05) is 18.3 Å². The third-order valence-corrected chi connectivity index (χ3v) is 3.51. The number of hydrogen-bond donors (Lipinski definition) is 3. The maximum atomic E-state index is 11.8. The number of amides is 1. The lowest BCUT2D eigenvalue weighted by Gasteiger charge is -2.24. The summed E-state index contributed by atoms with van der Waals surface area (Å²) < 4.78 is 0. The molecule has 0 fully saturated rings. The summed E-state index contributed by atoms with van der Waals surface area (Å²) in [6.07, 6.45) is 0.690. The molecule has 0 aliphatic heterocycles. The number of nitrogens with two attached hydrogens (primary N) is 1. The highest BCUT2D eigenvalue weighted by molar-refractivity contribution is 7.07. The molecule has 0 aliphatic carbocycles. The fourth-order valence-electron chi connectivity index (χ4n) is 1.19. The molecule has 0 aromatic carbocycles. The summed E-state index contributed by atoms with van der Waals surface area (Å²) in [4.78, 5) is 25.2. The van der Waals surface area contributed by atoms with Crippen LogP contribution in [0.5, 0.6) is 0 Å². The highest BCUT2D eigenvalue weighted by Crippen LogP contribution is 2.19. The van der Waals surface area contributed by atoms with E-state index in [9.17, 15) is 9.59 Å². The average Bonchev–Trinajstić information content (AvgIpc) is 2.70. The first-order valence-electron chi connectivity index (χ1n) is 5.17. The van der Waals surface area contributed by atoms with Gasteiger partial charge in [-0.25, -0.2) is 0 Å². The van der Waals surface area contributed by atoms with E-state index >= 15 is 0 Å². The number of nitrogens with one attached hydrogen (secondary N) is 2. The predicted octanol–water partition coefficient (Wildman–Crippen LogP) is 0.428. The van der Waals surface area contributed by atoms with Gasteiger partial charge in [0, 0.05) is 17.6 Å². The maximum absolute atomic E-state index is 11.8. The zero-order valence-electron chi connectivity index (χ0n) is 9.50. The van der Waals surface area contributed by atoms with Crippen LogP contribution in [0.2, 0.25) is 0 Å². The van der Waals surface area contributed by atoms with Crippen molar-refractivity contribution in [3.63, 3.8) is 0 Å². The molecule has 5 nitrogen and oxygen atoms in total. The van der Waals surface area contributed by atoms with E-state index < -0.39 is 5.41 Å². The van der Waals surface area contributed by atoms with Crippen molar-refractivity contribution in [2.24, 2.45) is 11.1 Å². The van der Waals surface area contributed by atoms with Crippen LogP contribution in [-0.4, -0.2) is 17.4 Å². The Morgan fingerprint density at radius 1 is 1.69 bits per heavy atom. The molecule has 4 N–H and O–H groups in total.